The molecule has 0 unspecified atom stereocenters. The molecule has 2 heterocycles. The van der Waals surface area contributed by atoms with Gasteiger partial charge >= 0.3 is 0 Å². The number of ketones is 1. The number of piperidine rings is 1. The number of methoxy groups -OCH3 is 1. The minimum Gasteiger partial charge on any atom is -0.497 e. The smallest absolute Gasteiger partial charge is 0.195 e. The molecule has 4 nitrogen and oxygen atoms in total. The quantitative estimate of drug-likeness (QED) is 0.269. The molecule has 34 heavy (non-hydrogen) atoms. The summed E-state index contributed by atoms with van der Waals surface area (Å²) in [4.78, 5) is 17.2. The summed E-state index contributed by atoms with van der Waals surface area (Å²) in [7, 11) is 1.66. The highest BCUT2D eigenvalue weighted by Gasteiger charge is 2.22. The van der Waals surface area contributed by atoms with E-state index in [1.165, 1.54) is 32.4 Å². The molecule has 174 valence electrons. The maximum Gasteiger partial charge on any atom is 0.195 e. The number of hydrogen-bond acceptors (Lipinski definition) is 5. The largest absolute Gasteiger partial charge is 0.497 e. The van der Waals surface area contributed by atoms with Crippen molar-refractivity contribution in [2.24, 2.45) is 0 Å². The van der Waals surface area contributed by atoms with Crippen molar-refractivity contribution in [3.05, 3.63) is 83.9 Å². The Morgan fingerprint density at radius 3 is 2.38 bits per heavy atom. The Morgan fingerprint density at radius 2 is 1.65 bits per heavy atom. The van der Waals surface area contributed by atoms with E-state index in [0.29, 0.717) is 12.2 Å². The minimum absolute atomic E-state index is 0.0233. The second-order valence-corrected chi connectivity index (χ2v) is 9.69. The lowest BCUT2D eigenvalue weighted by Gasteiger charge is -2.26. The molecule has 1 aromatic heterocycles. The van der Waals surface area contributed by atoms with Gasteiger partial charge in [0.25, 0.3) is 0 Å². The molecule has 5 rings (SSSR count). The zero-order chi connectivity index (χ0) is 23.3. The van der Waals surface area contributed by atoms with Crippen molar-refractivity contribution in [2.75, 3.05) is 33.4 Å². The van der Waals surface area contributed by atoms with Crippen LogP contribution in [0.1, 0.15) is 35.2 Å². The predicted octanol–water partition coefficient (Wildman–Crippen LogP) is 6.67. The Balaban J connectivity index is 1.39. The number of benzene rings is 3. The van der Waals surface area contributed by atoms with Gasteiger partial charge in [-0.3, -0.25) is 9.69 Å². The summed E-state index contributed by atoms with van der Waals surface area (Å²) in [5.74, 6) is 1.62. The topological polar surface area (TPSA) is 38.8 Å². The first-order valence-corrected chi connectivity index (χ1v) is 12.7. The van der Waals surface area contributed by atoms with Gasteiger partial charge in [-0.1, -0.05) is 36.8 Å². The Kier molecular flexibility index (Phi) is 6.93. The van der Waals surface area contributed by atoms with Crippen LogP contribution in [0.4, 0.5) is 0 Å². The van der Waals surface area contributed by atoms with Gasteiger partial charge in [0.1, 0.15) is 18.1 Å². The highest BCUT2D eigenvalue weighted by Crippen LogP contribution is 2.41. The Bertz CT molecular complexity index is 1260. The molecule has 0 N–H and O–H groups in total. The van der Waals surface area contributed by atoms with Gasteiger partial charge in [0.05, 0.1) is 7.11 Å². The zero-order valence-corrected chi connectivity index (χ0v) is 20.3. The molecule has 0 atom stereocenters. The van der Waals surface area contributed by atoms with E-state index in [1.54, 1.807) is 18.4 Å². The van der Waals surface area contributed by atoms with Crippen LogP contribution in [0, 0.1) is 0 Å². The Morgan fingerprint density at radius 1 is 0.912 bits per heavy atom. The average Bonchev–Trinajstić information content (AvgIpc) is 3.28. The molecule has 0 radical (unpaired) electrons. The first kappa shape index (κ1) is 22.6. The van der Waals surface area contributed by atoms with Crippen molar-refractivity contribution < 1.29 is 14.3 Å². The summed E-state index contributed by atoms with van der Waals surface area (Å²) in [5, 5.41) is 0.955. The van der Waals surface area contributed by atoms with E-state index in [0.717, 1.165) is 44.1 Å². The van der Waals surface area contributed by atoms with Crippen LogP contribution in [0.25, 0.3) is 20.5 Å². The fourth-order valence-electron chi connectivity index (χ4n) is 4.54. The van der Waals surface area contributed by atoms with E-state index in [4.69, 9.17) is 9.47 Å². The first-order chi connectivity index (χ1) is 16.7. The summed E-state index contributed by atoms with van der Waals surface area (Å²) in [5.41, 5.74) is 2.45. The van der Waals surface area contributed by atoms with Gasteiger partial charge in [0.15, 0.2) is 5.78 Å². The molecular formula is C29H29NO3S. The third-order valence-electron chi connectivity index (χ3n) is 6.40. The predicted molar refractivity (Wildman–Crippen MR) is 139 cm³/mol. The van der Waals surface area contributed by atoms with E-state index >= 15 is 0 Å². The average molecular weight is 472 g/mol. The molecule has 1 fully saturated rings. The van der Waals surface area contributed by atoms with Gasteiger partial charge in [-0.05, 0) is 74.0 Å². The summed E-state index contributed by atoms with van der Waals surface area (Å²) in [6, 6.07) is 23.6. The van der Waals surface area contributed by atoms with E-state index in [9.17, 15) is 4.79 Å². The van der Waals surface area contributed by atoms with Crippen molar-refractivity contribution in [1.82, 2.24) is 4.90 Å². The maximum atomic E-state index is 13.7. The molecule has 0 aliphatic carbocycles. The SMILES string of the molecule is COc1ccc2c(C(=O)c3ccc(OCCN4CCCCC4)cc3)c(-c3ccccc3)sc2c1. The van der Waals surface area contributed by atoms with Crippen LogP contribution in [-0.4, -0.2) is 44.0 Å². The van der Waals surface area contributed by atoms with Crippen molar-refractivity contribution in [3.63, 3.8) is 0 Å². The van der Waals surface area contributed by atoms with Crippen molar-refractivity contribution in [3.8, 4) is 21.9 Å². The molecule has 0 bridgehead atoms. The highest BCUT2D eigenvalue weighted by molar-refractivity contribution is 7.22. The van der Waals surface area contributed by atoms with Gasteiger partial charge in [-0.2, -0.15) is 0 Å². The number of thiophene rings is 1. The summed E-state index contributed by atoms with van der Waals surface area (Å²) < 4.78 is 12.4. The summed E-state index contributed by atoms with van der Waals surface area (Å²) >= 11 is 1.63. The fraction of sp³-hybridized carbons (Fsp3) is 0.276. The van der Waals surface area contributed by atoms with Crippen LogP contribution in [0.2, 0.25) is 0 Å². The molecule has 0 amide bonds. The maximum absolute atomic E-state index is 13.7. The third-order valence-corrected chi connectivity index (χ3v) is 7.60. The number of carbonyl (C=O) groups excluding carboxylic acids is 1. The lowest BCUT2D eigenvalue weighted by atomic mass is 9.97. The van der Waals surface area contributed by atoms with E-state index in [1.807, 2.05) is 60.7 Å². The molecule has 0 spiro atoms. The second-order valence-electron chi connectivity index (χ2n) is 8.64. The van der Waals surface area contributed by atoms with Gasteiger partial charge < -0.3 is 9.47 Å². The zero-order valence-electron chi connectivity index (χ0n) is 19.5. The van der Waals surface area contributed by atoms with E-state index in [2.05, 4.69) is 17.0 Å². The molecule has 3 aromatic carbocycles. The second kappa shape index (κ2) is 10.4. The van der Waals surface area contributed by atoms with Crippen molar-refractivity contribution in [2.45, 2.75) is 19.3 Å². The van der Waals surface area contributed by atoms with E-state index in [-0.39, 0.29) is 5.78 Å². The lowest BCUT2D eigenvalue weighted by Crippen LogP contribution is -2.33. The molecular weight excluding hydrogens is 442 g/mol. The highest BCUT2D eigenvalue weighted by atomic mass is 32.1. The van der Waals surface area contributed by atoms with Crippen molar-refractivity contribution in [1.29, 1.82) is 0 Å². The summed E-state index contributed by atoms with van der Waals surface area (Å²) in [6.45, 7) is 3.95. The van der Waals surface area contributed by atoms with Crippen LogP contribution < -0.4 is 9.47 Å². The number of hydrogen-bond donors (Lipinski definition) is 0. The molecule has 0 saturated carbocycles. The number of likely N-dealkylation sites (tertiary alicyclic amines) is 1. The normalized spacial score (nSPS) is 14.3. The first-order valence-electron chi connectivity index (χ1n) is 11.9. The number of fused-ring (bicyclic) bond motifs is 1. The Labute approximate surface area is 204 Å². The molecule has 1 aliphatic rings. The van der Waals surface area contributed by atoms with Crippen LogP contribution in [0.3, 0.4) is 0 Å². The van der Waals surface area contributed by atoms with Gasteiger partial charge in [0, 0.05) is 32.6 Å². The standard InChI is InChI=1S/C29H29NO3S/c1-32-24-14-15-25-26(20-24)34-29(22-8-4-2-5-9-22)27(25)28(31)21-10-12-23(13-11-21)33-19-18-30-16-6-3-7-17-30/h2,4-5,8-15,20H,3,6-7,16-19H2,1H3. The number of nitrogens with zero attached hydrogens (tertiary/aromatic N) is 1. The molecule has 1 aliphatic heterocycles. The monoisotopic (exact) mass is 471 g/mol. The Hall–Kier alpha value is -3.15. The lowest BCUT2D eigenvalue weighted by molar-refractivity contribution is 0.104. The van der Waals surface area contributed by atoms with Crippen molar-refractivity contribution >= 4 is 27.2 Å². The van der Waals surface area contributed by atoms with Crippen LogP contribution in [-0.2, 0) is 0 Å². The molecule has 5 heteroatoms. The fourth-order valence-corrected chi connectivity index (χ4v) is 5.78. The number of ether oxygens (including phenoxy) is 2. The number of rotatable bonds is 8. The van der Waals surface area contributed by atoms with Crippen LogP contribution in [0.5, 0.6) is 11.5 Å². The third kappa shape index (κ3) is 4.86. The molecule has 4 aromatic rings. The number of carbonyl (C=O) groups is 1. The molecule has 1 saturated heterocycles. The van der Waals surface area contributed by atoms with Crippen LogP contribution >= 0.6 is 11.3 Å². The minimum atomic E-state index is 0.0233. The van der Waals surface area contributed by atoms with Crippen LogP contribution in [0.15, 0.2) is 72.8 Å². The van der Waals surface area contributed by atoms with E-state index < -0.39 is 0 Å². The summed E-state index contributed by atoms with van der Waals surface area (Å²) in [6.07, 6.45) is 3.91. The van der Waals surface area contributed by atoms with Gasteiger partial charge in [-0.15, -0.1) is 11.3 Å². The van der Waals surface area contributed by atoms with Gasteiger partial charge in [0.2, 0.25) is 0 Å². The van der Waals surface area contributed by atoms with Gasteiger partial charge in [-0.25, -0.2) is 0 Å².